The molecule has 0 fully saturated rings. The lowest BCUT2D eigenvalue weighted by Gasteiger charge is -2.13. The Kier molecular flexibility index (Phi) is 7.86. The molecule has 0 unspecified atom stereocenters. The Morgan fingerprint density at radius 3 is 2.30 bits per heavy atom. The van der Waals surface area contributed by atoms with Crippen molar-refractivity contribution in [1.82, 2.24) is 9.88 Å². The highest BCUT2D eigenvalue weighted by molar-refractivity contribution is 5.95. The number of unbranched alkanes of at least 4 members (excludes halogenated alkanes) is 4. The summed E-state index contributed by atoms with van der Waals surface area (Å²) in [6.07, 6.45) is 4.90. The molecule has 2 N–H and O–H groups in total. The first kappa shape index (κ1) is 19.3. The van der Waals surface area contributed by atoms with Gasteiger partial charge < -0.3 is 15.0 Å². The second-order valence-electron chi connectivity index (χ2n) is 6.42. The topological polar surface area (TPSA) is 71.3 Å². The molecule has 0 aliphatic heterocycles. The van der Waals surface area contributed by atoms with Crippen molar-refractivity contribution in [2.24, 2.45) is 0 Å². The Bertz CT molecular complexity index is 533. The molecule has 1 rings (SSSR count). The van der Waals surface area contributed by atoms with Crippen LogP contribution in [0.5, 0.6) is 0 Å². The predicted octanol–water partition coefficient (Wildman–Crippen LogP) is 3.84. The van der Waals surface area contributed by atoms with Crippen LogP contribution in [0.4, 0.5) is 0 Å². The number of hydrogen-bond acceptors (Lipinski definition) is 2. The minimum absolute atomic E-state index is 0.00382. The number of aliphatic carboxylic acids is 1. The number of aryl methyl sites for hydroxylation is 1. The Morgan fingerprint density at radius 2 is 1.74 bits per heavy atom. The van der Waals surface area contributed by atoms with Gasteiger partial charge in [-0.3, -0.25) is 9.59 Å². The van der Waals surface area contributed by atoms with Crippen LogP contribution in [0.2, 0.25) is 0 Å². The van der Waals surface area contributed by atoms with Crippen LogP contribution in [0.1, 0.15) is 80.2 Å². The van der Waals surface area contributed by atoms with E-state index in [1.807, 2.05) is 19.9 Å². The van der Waals surface area contributed by atoms with Crippen molar-refractivity contribution < 1.29 is 14.7 Å². The van der Waals surface area contributed by atoms with Gasteiger partial charge in [0.1, 0.15) is 0 Å². The minimum Gasteiger partial charge on any atom is -0.481 e. The summed E-state index contributed by atoms with van der Waals surface area (Å²) < 4.78 is 2.18. The van der Waals surface area contributed by atoms with Crippen molar-refractivity contribution in [2.75, 3.05) is 6.54 Å². The zero-order chi connectivity index (χ0) is 17.4. The first-order valence-electron chi connectivity index (χ1n) is 8.53. The van der Waals surface area contributed by atoms with Crippen LogP contribution in [0.3, 0.4) is 0 Å². The molecule has 0 saturated carbocycles. The Morgan fingerprint density at radius 1 is 1.13 bits per heavy atom. The van der Waals surface area contributed by atoms with Gasteiger partial charge in [0.25, 0.3) is 5.91 Å². The van der Waals surface area contributed by atoms with Crippen molar-refractivity contribution in [2.45, 2.75) is 72.3 Å². The van der Waals surface area contributed by atoms with Gasteiger partial charge in [-0.1, -0.05) is 19.3 Å². The monoisotopic (exact) mass is 322 g/mol. The van der Waals surface area contributed by atoms with Crippen molar-refractivity contribution in [3.05, 3.63) is 23.0 Å². The van der Waals surface area contributed by atoms with Gasteiger partial charge in [0.15, 0.2) is 0 Å². The number of carbonyl (C=O) groups is 2. The normalized spacial score (nSPS) is 11.0. The number of rotatable bonds is 10. The molecule has 5 nitrogen and oxygen atoms in total. The summed E-state index contributed by atoms with van der Waals surface area (Å²) in [6, 6.07) is 2.30. The number of nitrogens with one attached hydrogen (secondary N) is 1. The summed E-state index contributed by atoms with van der Waals surface area (Å²) in [4.78, 5) is 22.7. The van der Waals surface area contributed by atoms with Gasteiger partial charge in [0.05, 0.1) is 5.56 Å². The molecule has 23 heavy (non-hydrogen) atoms. The predicted molar refractivity (Wildman–Crippen MR) is 92.0 cm³/mol. The molecule has 1 amide bonds. The van der Waals surface area contributed by atoms with E-state index in [1.54, 1.807) is 0 Å². The number of amides is 1. The van der Waals surface area contributed by atoms with Crippen LogP contribution < -0.4 is 5.32 Å². The molecule has 1 aromatic heterocycles. The highest BCUT2D eigenvalue weighted by Crippen LogP contribution is 2.20. The van der Waals surface area contributed by atoms with Crippen molar-refractivity contribution in [3.63, 3.8) is 0 Å². The number of carboxylic acids is 1. The third-order valence-electron chi connectivity index (χ3n) is 4.10. The summed E-state index contributed by atoms with van der Waals surface area (Å²) in [6.45, 7) is 8.92. The van der Waals surface area contributed by atoms with Crippen molar-refractivity contribution >= 4 is 11.9 Å². The molecule has 0 atom stereocenters. The summed E-state index contributed by atoms with van der Waals surface area (Å²) in [5.41, 5.74) is 2.89. The molecule has 0 spiro atoms. The zero-order valence-corrected chi connectivity index (χ0v) is 14.8. The third-order valence-corrected chi connectivity index (χ3v) is 4.10. The second-order valence-corrected chi connectivity index (χ2v) is 6.42. The molecular weight excluding hydrogens is 292 g/mol. The van der Waals surface area contributed by atoms with Gasteiger partial charge in [-0.25, -0.2) is 0 Å². The first-order chi connectivity index (χ1) is 10.8. The van der Waals surface area contributed by atoms with E-state index in [0.717, 1.165) is 49.1 Å². The number of hydrogen-bond donors (Lipinski definition) is 2. The molecular formula is C18H30N2O3. The number of carboxylic acid groups (broad SMARTS) is 1. The maximum Gasteiger partial charge on any atom is 0.303 e. The van der Waals surface area contributed by atoms with Crippen LogP contribution in [-0.2, 0) is 4.79 Å². The zero-order valence-electron chi connectivity index (χ0n) is 14.8. The summed E-state index contributed by atoms with van der Waals surface area (Å²) in [7, 11) is 0. The molecule has 1 aromatic rings. The van der Waals surface area contributed by atoms with Gasteiger partial charge in [-0.15, -0.1) is 0 Å². The number of nitrogens with zero attached hydrogens (tertiary/aromatic N) is 1. The molecule has 0 aromatic carbocycles. The van der Waals surface area contributed by atoms with Crippen LogP contribution in [0.25, 0.3) is 0 Å². The maximum absolute atomic E-state index is 12.3. The van der Waals surface area contributed by atoms with Crippen LogP contribution >= 0.6 is 0 Å². The van der Waals surface area contributed by atoms with E-state index in [9.17, 15) is 9.59 Å². The fourth-order valence-corrected chi connectivity index (χ4v) is 3.03. The van der Waals surface area contributed by atoms with Crippen LogP contribution in [0, 0.1) is 13.8 Å². The van der Waals surface area contributed by atoms with Crippen molar-refractivity contribution in [3.8, 4) is 0 Å². The van der Waals surface area contributed by atoms with E-state index >= 15 is 0 Å². The molecule has 0 bridgehead atoms. The lowest BCUT2D eigenvalue weighted by Crippen LogP contribution is -2.25. The SMILES string of the molecule is Cc1cc(C(=O)NCCCCCCCC(=O)O)c(C)n1C(C)C. The minimum atomic E-state index is -0.726. The summed E-state index contributed by atoms with van der Waals surface area (Å²) in [5, 5.41) is 11.5. The van der Waals surface area contributed by atoms with Crippen LogP contribution in [0.15, 0.2) is 6.07 Å². The fourth-order valence-electron chi connectivity index (χ4n) is 3.03. The average Bonchev–Trinajstić information content (AvgIpc) is 2.76. The highest BCUT2D eigenvalue weighted by Gasteiger charge is 2.16. The summed E-state index contributed by atoms with van der Waals surface area (Å²) in [5.74, 6) is -0.730. The van der Waals surface area contributed by atoms with E-state index in [1.165, 1.54) is 0 Å². The molecule has 1 heterocycles. The van der Waals surface area contributed by atoms with E-state index in [-0.39, 0.29) is 12.3 Å². The highest BCUT2D eigenvalue weighted by atomic mass is 16.4. The second kappa shape index (κ2) is 9.38. The largest absolute Gasteiger partial charge is 0.481 e. The lowest BCUT2D eigenvalue weighted by atomic mass is 10.1. The smallest absolute Gasteiger partial charge is 0.303 e. The van der Waals surface area contributed by atoms with Gasteiger partial charge >= 0.3 is 5.97 Å². The lowest BCUT2D eigenvalue weighted by molar-refractivity contribution is -0.137. The fraction of sp³-hybridized carbons (Fsp3) is 0.667. The van der Waals surface area contributed by atoms with Gasteiger partial charge in [0.2, 0.25) is 0 Å². The Labute approximate surface area is 139 Å². The first-order valence-corrected chi connectivity index (χ1v) is 8.53. The molecule has 0 saturated heterocycles. The van der Waals surface area contributed by atoms with Gasteiger partial charge in [-0.2, -0.15) is 0 Å². The molecule has 5 heteroatoms. The third kappa shape index (κ3) is 6.08. The maximum atomic E-state index is 12.3. The standard InChI is InChI=1S/C18H30N2O3/c1-13(2)20-14(3)12-16(15(20)4)18(23)19-11-9-7-5-6-8-10-17(21)22/h12-13H,5-11H2,1-4H3,(H,19,23)(H,21,22). The number of carbonyl (C=O) groups excluding carboxylic acids is 1. The van der Waals surface area contributed by atoms with Crippen molar-refractivity contribution in [1.29, 1.82) is 0 Å². The Hall–Kier alpha value is -1.78. The molecule has 0 radical (unpaired) electrons. The molecule has 0 aliphatic carbocycles. The van der Waals surface area contributed by atoms with Gasteiger partial charge in [0, 0.05) is 30.4 Å². The Balaban J connectivity index is 2.30. The summed E-state index contributed by atoms with van der Waals surface area (Å²) >= 11 is 0. The van der Waals surface area contributed by atoms with Crippen LogP contribution in [-0.4, -0.2) is 28.1 Å². The van der Waals surface area contributed by atoms with E-state index in [0.29, 0.717) is 12.6 Å². The van der Waals surface area contributed by atoms with E-state index in [2.05, 4.69) is 23.7 Å². The quantitative estimate of drug-likeness (QED) is 0.643. The number of aromatic nitrogens is 1. The average molecular weight is 322 g/mol. The molecule has 0 aliphatic rings. The van der Waals surface area contributed by atoms with Gasteiger partial charge in [-0.05, 0) is 46.6 Å². The van der Waals surface area contributed by atoms with E-state index < -0.39 is 5.97 Å². The van der Waals surface area contributed by atoms with E-state index in [4.69, 9.17) is 5.11 Å². The molecule has 130 valence electrons.